The minimum absolute atomic E-state index is 0.229. The van der Waals surface area contributed by atoms with Gasteiger partial charge in [0.05, 0.1) is 2.74 Å². The van der Waals surface area contributed by atoms with E-state index in [1.54, 1.807) is 0 Å². The third-order valence-corrected chi connectivity index (χ3v) is 0.362. The fourth-order valence-corrected chi connectivity index (χ4v) is 0.112. The molecule has 0 unspecified atom stereocenters. The standard InChI is InChI=1S/C4H10O/c1-2-3-4-5/h5H,2-4H2,1H3/i4D2. The Labute approximate surface area is 35.4 Å². The van der Waals surface area contributed by atoms with Crippen LogP contribution in [0.15, 0.2) is 0 Å². The Bertz CT molecular complexity index is 48.1. The minimum Gasteiger partial charge on any atom is -0.396 e. The Balaban J connectivity index is 3.15. The molecule has 0 atom stereocenters. The summed E-state index contributed by atoms with van der Waals surface area (Å²) in [6, 6.07) is 0. The molecular weight excluding hydrogens is 64.0 g/mol. The molecule has 0 aliphatic heterocycles. The number of hydrogen-bond acceptors (Lipinski definition) is 1. The maximum atomic E-state index is 8.35. The predicted octanol–water partition coefficient (Wildman–Crippen LogP) is 0.779. The third-order valence-electron chi connectivity index (χ3n) is 0.362. The summed E-state index contributed by atoms with van der Waals surface area (Å²) in [5.41, 5.74) is 0. The highest BCUT2D eigenvalue weighted by molar-refractivity contribution is 4.23. The zero-order valence-electron chi connectivity index (χ0n) is 5.36. The molecule has 0 radical (unpaired) electrons. The molecule has 1 N–H and O–H groups in total. The van der Waals surface area contributed by atoms with E-state index in [-0.39, 0.29) is 6.42 Å². The highest BCUT2D eigenvalue weighted by Gasteiger charge is 1.69. The van der Waals surface area contributed by atoms with Crippen molar-refractivity contribution < 1.29 is 7.85 Å². The lowest BCUT2D eigenvalue weighted by Gasteiger charge is -1.79. The van der Waals surface area contributed by atoms with Crippen LogP contribution in [0.3, 0.4) is 0 Å². The van der Waals surface area contributed by atoms with Gasteiger partial charge in [-0.05, 0) is 6.42 Å². The average molecular weight is 76.1 g/mol. The molecule has 0 heterocycles. The molecule has 0 bridgehead atoms. The first kappa shape index (κ1) is 2.19. The Morgan fingerprint density at radius 2 is 2.60 bits per heavy atom. The molecular formula is C4H10O. The van der Waals surface area contributed by atoms with Crippen LogP contribution < -0.4 is 0 Å². The quantitative estimate of drug-likeness (QED) is 0.515. The Hall–Kier alpha value is -0.0400. The summed E-state index contributed by atoms with van der Waals surface area (Å²) < 4.78 is 13.1. The second kappa shape index (κ2) is 3.96. The van der Waals surface area contributed by atoms with Gasteiger partial charge >= 0.3 is 0 Å². The molecule has 0 saturated heterocycles. The van der Waals surface area contributed by atoms with Crippen LogP contribution in [0.4, 0.5) is 0 Å². The summed E-state index contributed by atoms with van der Waals surface area (Å²) in [5.74, 6) is 0. The van der Waals surface area contributed by atoms with Crippen molar-refractivity contribution in [1.29, 1.82) is 0 Å². The smallest absolute Gasteiger partial charge is 0.0564 e. The van der Waals surface area contributed by atoms with Crippen molar-refractivity contribution in [1.82, 2.24) is 0 Å². The van der Waals surface area contributed by atoms with Gasteiger partial charge in [-0.25, -0.2) is 0 Å². The zero-order chi connectivity index (χ0) is 5.91. The van der Waals surface area contributed by atoms with E-state index in [2.05, 4.69) is 0 Å². The minimum atomic E-state index is -1.95. The van der Waals surface area contributed by atoms with Gasteiger partial charge in [-0.2, -0.15) is 0 Å². The molecule has 0 aliphatic rings. The first-order valence-electron chi connectivity index (χ1n) is 2.78. The lowest BCUT2D eigenvalue weighted by molar-refractivity contribution is 0.287. The van der Waals surface area contributed by atoms with Gasteiger partial charge in [0.1, 0.15) is 0 Å². The highest BCUT2D eigenvalue weighted by atomic mass is 16.2. The van der Waals surface area contributed by atoms with Crippen molar-refractivity contribution in [2.75, 3.05) is 6.56 Å². The molecule has 0 aromatic rings. The van der Waals surface area contributed by atoms with Crippen LogP contribution in [-0.4, -0.2) is 11.7 Å². The molecule has 0 aliphatic carbocycles. The molecule has 0 amide bonds. The van der Waals surface area contributed by atoms with Crippen LogP contribution in [-0.2, 0) is 0 Å². The summed E-state index contributed by atoms with van der Waals surface area (Å²) in [6.07, 6.45) is 0.913. The lowest BCUT2D eigenvalue weighted by atomic mass is 10.4. The normalized spacial score (nSPS) is 17.2. The second-order valence-corrected chi connectivity index (χ2v) is 0.908. The largest absolute Gasteiger partial charge is 0.396 e. The van der Waals surface area contributed by atoms with Crippen LogP contribution in [0.1, 0.15) is 22.5 Å². The van der Waals surface area contributed by atoms with Crippen molar-refractivity contribution in [3.63, 3.8) is 0 Å². The van der Waals surface area contributed by atoms with Crippen molar-refractivity contribution in [3.05, 3.63) is 0 Å². The van der Waals surface area contributed by atoms with E-state index in [0.29, 0.717) is 6.42 Å². The molecule has 1 heteroatoms. The Morgan fingerprint density at radius 1 is 2.00 bits per heavy atom. The predicted molar refractivity (Wildman–Crippen MR) is 22.0 cm³/mol. The summed E-state index contributed by atoms with van der Waals surface area (Å²) in [7, 11) is 0. The van der Waals surface area contributed by atoms with Gasteiger partial charge in [0.25, 0.3) is 0 Å². The van der Waals surface area contributed by atoms with Crippen LogP contribution in [0.25, 0.3) is 0 Å². The van der Waals surface area contributed by atoms with Crippen molar-refractivity contribution >= 4 is 0 Å². The van der Waals surface area contributed by atoms with Gasteiger partial charge < -0.3 is 5.11 Å². The summed E-state index contributed by atoms with van der Waals surface area (Å²) in [4.78, 5) is 0. The van der Waals surface area contributed by atoms with E-state index < -0.39 is 6.56 Å². The van der Waals surface area contributed by atoms with E-state index in [1.807, 2.05) is 6.92 Å². The molecule has 0 aromatic heterocycles. The van der Waals surface area contributed by atoms with Crippen LogP contribution >= 0.6 is 0 Å². The van der Waals surface area contributed by atoms with Gasteiger partial charge in [0.2, 0.25) is 0 Å². The summed E-state index contributed by atoms with van der Waals surface area (Å²) in [6.45, 7) is -0.122. The maximum Gasteiger partial charge on any atom is 0.0564 e. The monoisotopic (exact) mass is 76.1 g/mol. The topological polar surface area (TPSA) is 20.2 Å². The van der Waals surface area contributed by atoms with Crippen LogP contribution in [0.5, 0.6) is 0 Å². The Morgan fingerprint density at radius 3 is 2.60 bits per heavy atom. The van der Waals surface area contributed by atoms with E-state index in [0.717, 1.165) is 0 Å². The zero-order valence-corrected chi connectivity index (χ0v) is 3.36. The maximum absolute atomic E-state index is 8.35. The molecule has 0 rings (SSSR count). The first-order valence-corrected chi connectivity index (χ1v) is 1.78. The molecule has 0 saturated carbocycles. The van der Waals surface area contributed by atoms with Crippen molar-refractivity contribution in [3.8, 4) is 0 Å². The molecule has 5 heavy (non-hydrogen) atoms. The molecule has 0 fully saturated rings. The van der Waals surface area contributed by atoms with E-state index >= 15 is 0 Å². The van der Waals surface area contributed by atoms with E-state index in [4.69, 9.17) is 7.85 Å². The number of hydrogen-bond donors (Lipinski definition) is 1. The van der Waals surface area contributed by atoms with E-state index in [9.17, 15) is 0 Å². The van der Waals surface area contributed by atoms with Gasteiger partial charge in [0, 0.05) is 6.56 Å². The van der Waals surface area contributed by atoms with Crippen molar-refractivity contribution in [2.24, 2.45) is 0 Å². The first-order chi connectivity index (χ1) is 3.06. The SMILES string of the molecule is [2H]C([2H])(O)CCC. The summed E-state index contributed by atoms with van der Waals surface area (Å²) in [5, 5.41) is 8.35. The average Bonchev–Trinajstić information content (AvgIpc) is 1.30. The second-order valence-electron chi connectivity index (χ2n) is 0.908. The lowest BCUT2D eigenvalue weighted by Crippen LogP contribution is -1.75. The van der Waals surface area contributed by atoms with Crippen LogP contribution in [0, 0.1) is 0 Å². The molecule has 0 aromatic carbocycles. The Kier molecular flexibility index (Phi) is 1.73. The molecule has 32 valence electrons. The molecule has 0 spiro atoms. The summed E-state index contributed by atoms with van der Waals surface area (Å²) >= 11 is 0. The van der Waals surface area contributed by atoms with Gasteiger partial charge in [-0.1, -0.05) is 13.3 Å². The van der Waals surface area contributed by atoms with Crippen LogP contribution in [0.2, 0.25) is 0 Å². The number of aliphatic hydroxyl groups is 1. The molecule has 1 nitrogen and oxygen atoms in total. The fourth-order valence-electron chi connectivity index (χ4n) is 0.112. The fraction of sp³-hybridized carbons (Fsp3) is 1.00. The van der Waals surface area contributed by atoms with Gasteiger partial charge in [-0.15, -0.1) is 0 Å². The van der Waals surface area contributed by atoms with Crippen molar-refractivity contribution in [2.45, 2.75) is 19.8 Å². The number of rotatable bonds is 2. The van der Waals surface area contributed by atoms with Gasteiger partial charge in [0.15, 0.2) is 0 Å². The van der Waals surface area contributed by atoms with E-state index in [1.165, 1.54) is 0 Å². The highest BCUT2D eigenvalue weighted by Crippen LogP contribution is 1.78. The van der Waals surface area contributed by atoms with Gasteiger partial charge in [-0.3, -0.25) is 0 Å². The third kappa shape index (κ3) is 3.96.